The van der Waals surface area contributed by atoms with Crippen molar-refractivity contribution in [3.8, 4) is 0 Å². The van der Waals surface area contributed by atoms with E-state index in [0.717, 1.165) is 29.5 Å². The first-order chi connectivity index (χ1) is 10.4. The average Bonchev–Trinajstić information content (AvgIpc) is 2.79. The fourth-order valence-electron chi connectivity index (χ4n) is 3.37. The van der Waals surface area contributed by atoms with Gasteiger partial charge in [0.15, 0.2) is 0 Å². The van der Waals surface area contributed by atoms with Gasteiger partial charge in [0, 0.05) is 23.9 Å². The van der Waals surface area contributed by atoms with Gasteiger partial charge in [-0.15, -0.1) is 0 Å². The number of carbonyl (C=O) groups excluding carboxylic acids is 1. The number of aryl methyl sites for hydroxylation is 2. The van der Waals surface area contributed by atoms with E-state index in [1.165, 1.54) is 5.69 Å². The number of hydrogen-bond acceptors (Lipinski definition) is 2. The first-order valence-electron chi connectivity index (χ1n) is 7.75. The van der Waals surface area contributed by atoms with Crippen molar-refractivity contribution in [1.29, 1.82) is 0 Å². The lowest BCUT2D eigenvalue weighted by Crippen LogP contribution is -2.37. The van der Waals surface area contributed by atoms with Crippen LogP contribution in [0.2, 0.25) is 0 Å². The predicted molar refractivity (Wildman–Crippen MR) is 86.7 cm³/mol. The largest absolute Gasteiger partial charge is 0.345 e. The lowest BCUT2D eigenvalue weighted by atomic mass is 9.74. The zero-order valence-corrected chi connectivity index (χ0v) is 13.7. The lowest BCUT2D eigenvalue weighted by molar-refractivity contribution is 0.0918. The first-order valence-corrected chi connectivity index (χ1v) is 7.75. The molecule has 1 aromatic heterocycles. The highest BCUT2D eigenvalue weighted by Crippen LogP contribution is 2.40. The minimum Gasteiger partial charge on any atom is -0.345 e. The number of fused-ring (bicyclic) bond motifs is 1. The monoisotopic (exact) mass is 297 g/mol. The van der Waals surface area contributed by atoms with E-state index in [-0.39, 0.29) is 17.4 Å². The molecular formula is C18H23N3O. The van der Waals surface area contributed by atoms with Crippen LogP contribution in [0, 0.1) is 12.3 Å². The summed E-state index contributed by atoms with van der Waals surface area (Å²) >= 11 is 0. The normalized spacial score (nSPS) is 19.5. The zero-order valence-electron chi connectivity index (χ0n) is 13.7. The molecule has 1 aliphatic carbocycles. The lowest BCUT2D eigenvalue weighted by Gasteiger charge is -2.35. The molecule has 0 saturated heterocycles. The molecular weight excluding hydrogens is 274 g/mol. The van der Waals surface area contributed by atoms with Crippen LogP contribution in [0.4, 0.5) is 0 Å². The van der Waals surface area contributed by atoms with E-state index in [4.69, 9.17) is 0 Å². The fourth-order valence-corrected chi connectivity index (χ4v) is 3.37. The molecule has 0 bridgehead atoms. The van der Waals surface area contributed by atoms with Crippen molar-refractivity contribution < 1.29 is 4.79 Å². The van der Waals surface area contributed by atoms with Crippen LogP contribution < -0.4 is 5.32 Å². The van der Waals surface area contributed by atoms with Crippen molar-refractivity contribution in [2.24, 2.45) is 12.5 Å². The van der Waals surface area contributed by atoms with Crippen LogP contribution in [0.15, 0.2) is 30.5 Å². The standard InChI is InChI=1S/C18H23N3O/c1-12-7-5-6-8-13(12)17(22)20-15-9-18(2,3)10-16-14(15)11-19-21(16)4/h5-8,11,15H,9-10H2,1-4H3,(H,20,22)/t15-/m1/s1. The maximum atomic E-state index is 12.6. The summed E-state index contributed by atoms with van der Waals surface area (Å²) in [7, 11) is 1.97. The van der Waals surface area contributed by atoms with Crippen molar-refractivity contribution in [3.63, 3.8) is 0 Å². The van der Waals surface area contributed by atoms with Crippen LogP contribution >= 0.6 is 0 Å². The van der Waals surface area contributed by atoms with E-state index in [1.807, 2.05) is 49.1 Å². The molecule has 2 aromatic rings. The van der Waals surface area contributed by atoms with Crippen LogP contribution in [0.5, 0.6) is 0 Å². The highest BCUT2D eigenvalue weighted by Gasteiger charge is 2.35. The second kappa shape index (κ2) is 5.27. The van der Waals surface area contributed by atoms with Gasteiger partial charge in [-0.2, -0.15) is 5.10 Å². The molecule has 0 unspecified atom stereocenters. The van der Waals surface area contributed by atoms with Gasteiger partial charge in [-0.25, -0.2) is 0 Å². The van der Waals surface area contributed by atoms with Crippen molar-refractivity contribution in [3.05, 3.63) is 52.8 Å². The van der Waals surface area contributed by atoms with Gasteiger partial charge < -0.3 is 5.32 Å². The molecule has 0 aliphatic heterocycles. The van der Waals surface area contributed by atoms with Gasteiger partial charge in [0.1, 0.15) is 0 Å². The Morgan fingerprint density at radius 1 is 1.36 bits per heavy atom. The third-order valence-corrected chi connectivity index (χ3v) is 4.57. The summed E-state index contributed by atoms with van der Waals surface area (Å²) in [6.07, 6.45) is 3.83. The molecule has 1 aromatic carbocycles. The highest BCUT2D eigenvalue weighted by molar-refractivity contribution is 5.95. The Morgan fingerprint density at radius 2 is 2.09 bits per heavy atom. The van der Waals surface area contributed by atoms with E-state index >= 15 is 0 Å². The van der Waals surface area contributed by atoms with Gasteiger partial charge in [-0.1, -0.05) is 32.0 Å². The van der Waals surface area contributed by atoms with Gasteiger partial charge in [-0.05, 0) is 36.8 Å². The number of nitrogens with zero attached hydrogens (tertiary/aromatic N) is 2. The molecule has 1 heterocycles. The summed E-state index contributed by atoms with van der Waals surface area (Å²) in [5.74, 6) is -0.00407. The maximum Gasteiger partial charge on any atom is 0.252 e. The van der Waals surface area contributed by atoms with E-state index in [2.05, 4.69) is 24.3 Å². The van der Waals surface area contributed by atoms with E-state index in [9.17, 15) is 4.79 Å². The number of nitrogens with one attached hydrogen (secondary N) is 1. The second-order valence-electron chi connectivity index (χ2n) is 7.06. The molecule has 116 valence electrons. The Bertz CT molecular complexity index is 715. The molecule has 1 amide bonds. The SMILES string of the molecule is Cc1ccccc1C(=O)N[C@@H]1CC(C)(C)Cc2c1cnn2C. The average molecular weight is 297 g/mol. The van der Waals surface area contributed by atoms with Gasteiger partial charge in [0.2, 0.25) is 0 Å². The third-order valence-electron chi connectivity index (χ3n) is 4.57. The minimum atomic E-state index is -0.00407. The Hall–Kier alpha value is -2.10. The summed E-state index contributed by atoms with van der Waals surface area (Å²) < 4.78 is 1.93. The van der Waals surface area contributed by atoms with Crippen LogP contribution in [0.25, 0.3) is 0 Å². The van der Waals surface area contributed by atoms with Crippen LogP contribution in [0.3, 0.4) is 0 Å². The molecule has 1 N–H and O–H groups in total. The van der Waals surface area contributed by atoms with Crippen molar-refractivity contribution in [2.45, 2.75) is 39.7 Å². The topological polar surface area (TPSA) is 46.9 Å². The molecule has 1 aliphatic rings. The Balaban J connectivity index is 1.89. The molecule has 22 heavy (non-hydrogen) atoms. The summed E-state index contributed by atoms with van der Waals surface area (Å²) in [4.78, 5) is 12.6. The van der Waals surface area contributed by atoms with Crippen LogP contribution in [-0.4, -0.2) is 15.7 Å². The number of benzene rings is 1. The number of rotatable bonds is 2. The van der Waals surface area contributed by atoms with Crippen LogP contribution in [0.1, 0.15) is 53.5 Å². The Morgan fingerprint density at radius 3 is 2.82 bits per heavy atom. The molecule has 0 saturated carbocycles. The zero-order chi connectivity index (χ0) is 15.9. The van der Waals surface area contributed by atoms with Gasteiger partial charge in [0.25, 0.3) is 5.91 Å². The molecule has 0 radical (unpaired) electrons. The quantitative estimate of drug-likeness (QED) is 0.925. The Kier molecular flexibility index (Phi) is 3.55. The second-order valence-corrected chi connectivity index (χ2v) is 7.06. The number of carbonyl (C=O) groups is 1. The predicted octanol–water partition coefficient (Wildman–Crippen LogP) is 3.17. The van der Waals surface area contributed by atoms with Crippen LogP contribution in [-0.2, 0) is 13.5 Å². The molecule has 0 spiro atoms. The summed E-state index contributed by atoms with van der Waals surface area (Å²) in [5, 5.41) is 7.59. The number of amides is 1. The third kappa shape index (κ3) is 2.65. The van der Waals surface area contributed by atoms with Gasteiger partial charge in [0.05, 0.1) is 12.2 Å². The van der Waals surface area contributed by atoms with E-state index in [1.54, 1.807) is 0 Å². The molecule has 0 fully saturated rings. The smallest absolute Gasteiger partial charge is 0.252 e. The number of aromatic nitrogens is 2. The molecule has 4 heteroatoms. The van der Waals surface area contributed by atoms with E-state index in [0.29, 0.717) is 0 Å². The molecule has 3 rings (SSSR count). The van der Waals surface area contributed by atoms with Gasteiger partial charge in [-0.3, -0.25) is 9.48 Å². The summed E-state index contributed by atoms with van der Waals surface area (Å²) in [5.41, 5.74) is 4.29. The summed E-state index contributed by atoms with van der Waals surface area (Å²) in [6.45, 7) is 6.46. The van der Waals surface area contributed by atoms with Crippen molar-refractivity contribution >= 4 is 5.91 Å². The molecule has 1 atom stereocenters. The maximum absolute atomic E-state index is 12.6. The van der Waals surface area contributed by atoms with Gasteiger partial charge >= 0.3 is 0 Å². The summed E-state index contributed by atoms with van der Waals surface area (Å²) in [6, 6.07) is 7.73. The number of hydrogen-bond donors (Lipinski definition) is 1. The first kappa shape index (κ1) is 14.8. The fraction of sp³-hybridized carbons (Fsp3) is 0.444. The van der Waals surface area contributed by atoms with E-state index < -0.39 is 0 Å². The van der Waals surface area contributed by atoms with Crippen molar-refractivity contribution in [2.75, 3.05) is 0 Å². The molecule has 4 nitrogen and oxygen atoms in total. The minimum absolute atomic E-state index is 0.00407. The highest BCUT2D eigenvalue weighted by atomic mass is 16.1. The van der Waals surface area contributed by atoms with Crippen molar-refractivity contribution in [1.82, 2.24) is 15.1 Å². The Labute approximate surface area is 131 Å².